The lowest BCUT2D eigenvalue weighted by molar-refractivity contribution is -0.115. The van der Waals surface area contributed by atoms with Crippen LogP contribution in [0.15, 0.2) is 35.9 Å². The summed E-state index contributed by atoms with van der Waals surface area (Å²) in [6.07, 6.45) is 1.80. The number of carbonyl (C=O) groups is 1. The number of benzene rings is 1. The molecule has 0 bridgehead atoms. The van der Waals surface area contributed by atoms with E-state index in [0.29, 0.717) is 5.78 Å². The van der Waals surface area contributed by atoms with Crippen LogP contribution >= 0.6 is 0 Å². The number of rotatable bonds is 1. The fraction of sp³-hybridized carbons (Fsp3) is 0.400. The summed E-state index contributed by atoms with van der Waals surface area (Å²) in [5.41, 5.74) is 2.28. The SMILES string of the molecule is CC1=C(c2ccccc2)[Si](C)(C)CCCC1=O. The summed E-state index contributed by atoms with van der Waals surface area (Å²) in [5.74, 6) is 0.349. The normalized spacial score (nSPS) is 20.3. The van der Waals surface area contributed by atoms with Crippen molar-refractivity contribution >= 4 is 19.1 Å². The van der Waals surface area contributed by atoms with Gasteiger partial charge < -0.3 is 0 Å². The average molecular weight is 244 g/mol. The highest BCUT2D eigenvalue weighted by molar-refractivity contribution is 6.95. The van der Waals surface area contributed by atoms with Crippen LogP contribution in [0.5, 0.6) is 0 Å². The minimum absolute atomic E-state index is 0.349. The van der Waals surface area contributed by atoms with Crippen molar-refractivity contribution in [2.45, 2.75) is 38.9 Å². The van der Waals surface area contributed by atoms with Gasteiger partial charge in [0.05, 0.1) is 8.07 Å². The highest BCUT2D eigenvalue weighted by atomic mass is 28.3. The quantitative estimate of drug-likeness (QED) is 0.681. The van der Waals surface area contributed by atoms with Gasteiger partial charge in [-0.05, 0) is 29.7 Å². The van der Waals surface area contributed by atoms with Crippen molar-refractivity contribution in [3.05, 3.63) is 41.5 Å². The molecule has 0 unspecified atom stereocenters. The zero-order valence-electron chi connectivity index (χ0n) is 10.9. The lowest BCUT2D eigenvalue weighted by Crippen LogP contribution is -2.28. The second-order valence-electron chi connectivity index (χ2n) is 5.53. The van der Waals surface area contributed by atoms with E-state index in [1.165, 1.54) is 16.8 Å². The fourth-order valence-corrected chi connectivity index (χ4v) is 6.28. The lowest BCUT2D eigenvalue weighted by atomic mass is 10.1. The predicted octanol–water partition coefficient (Wildman–Crippen LogP) is 4.07. The van der Waals surface area contributed by atoms with Gasteiger partial charge >= 0.3 is 0 Å². The van der Waals surface area contributed by atoms with Crippen LogP contribution in [0.25, 0.3) is 5.20 Å². The molecule has 1 heterocycles. The highest BCUT2D eigenvalue weighted by Crippen LogP contribution is 2.36. The summed E-state index contributed by atoms with van der Waals surface area (Å²) < 4.78 is 0. The Bertz CT molecular complexity index is 457. The van der Waals surface area contributed by atoms with Gasteiger partial charge in [0.15, 0.2) is 5.78 Å². The first-order chi connectivity index (χ1) is 8.02. The summed E-state index contributed by atoms with van der Waals surface area (Å²) in [7, 11) is -1.46. The molecule has 2 rings (SSSR count). The first kappa shape index (κ1) is 12.3. The van der Waals surface area contributed by atoms with E-state index in [1.54, 1.807) is 0 Å². The molecule has 0 fully saturated rings. The van der Waals surface area contributed by atoms with E-state index < -0.39 is 8.07 Å². The molecule has 0 atom stereocenters. The largest absolute Gasteiger partial charge is 0.295 e. The first-order valence-electron chi connectivity index (χ1n) is 6.32. The first-order valence-corrected chi connectivity index (χ1v) is 9.53. The lowest BCUT2D eigenvalue weighted by Gasteiger charge is -2.26. The molecule has 0 saturated heterocycles. The van der Waals surface area contributed by atoms with E-state index in [-0.39, 0.29) is 0 Å². The van der Waals surface area contributed by atoms with E-state index in [2.05, 4.69) is 37.4 Å². The molecule has 0 aromatic heterocycles. The molecule has 0 aliphatic carbocycles. The Hall–Kier alpha value is -1.15. The third kappa shape index (κ3) is 2.42. The van der Waals surface area contributed by atoms with E-state index in [0.717, 1.165) is 18.4 Å². The molecule has 0 spiro atoms. The molecule has 0 amide bonds. The van der Waals surface area contributed by atoms with Crippen molar-refractivity contribution in [2.24, 2.45) is 0 Å². The van der Waals surface area contributed by atoms with Gasteiger partial charge in [-0.3, -0.25) is 4.79 Å². The third-order valence-electron chi connectivity index (χ3n) is 3.74. The molecule has 17 heavy (non-hydrogen) atoms. The van der Waals surface area contributed by atoms with E-state index in [4.69, 9.17) is 0 Å². The molecule has 1 aliphatic rings. The van der Waals surface area contributed by atoms with Gasteiger partial charge in [-0.15, -0.1) is 0 Å². The van der Waals surface area contributed by atoms with E-state index in [9.17, 15) is 4.79 Å². The van der Waals surface area contributed by atoms with Crippen LogP contribution in [-0.4, -0.2) is 13.9 Å². The molecule has 1 aromatic carbocycles. The van der Waals surface area contributed by atoms with Crippen molar-refractivity contribution in [3.8, 4) is 0 Å². The zero-order valence-corrected chi connectivity index (χ0v) is 11.9. The van der Waals surface area contributed by atoms with Gasteiger partial charge in [-0.25, -0.2) is 0 Å². The number of hydrogen-bond acceptors (Lipinski definition) is 1. The Labute approximate surface area is 105 Å². The van der Waals surface area contributed by atoms with Crippen molar-refractivity contribution in [1.82, 2.24) is 0 Å². The van der Waals surface area contributed by atoms with Crippen LogP contribution in [0.1, 0.15) is 25.3 Å². The molecule has 90 valence electrons. The Morgan fingerprint density at radius 2 is 1.76 bits per heavy atom. The van der Waals surface area contributed by atoms with Crippen LogP contribution in [0.3, 0.4) is 0 Å². The Balaban J connectivity index is 2.59. The van der Waals surface area contributed by atoms with Gasteiger partial charge in [-0.2, -0.15) is 0 Å². The zero-order chi connectivity index (χ0) is 12.5. The standard InChI is InChI=1S/C15H20OSi/c1-12-14(16)10-7-11-17(2,3)15(12)13-8-5-4-6-9-13/h4-6,8-9H,7,10-11H2,1-3H3. The Morgan fingerprint density at radius 1 is 1.12 bits per heavy atom. The van der Waals surface area contributed by atoms with Crippen molar-refractivity contribution in [3.63, 3.8) is 0 Å². The monoisotopic (exact) mass is 244 g/mol. The summed E-state index contributed by atoms with van der Waals surface area (Å²) >= 11 is 0. The van der Waals surface area contributed by atoms with E-state index in [1.807, 2.05) is 13.0 Å². The van der Waals surface area contributed by atoms with Crippen LogP contribution in [0, 0.1) is 0 Å². The smallest absolute Gasteiger partial charge is 0.158 e. The van der Waals surface area contributed by atoms with E-state index >= 15 is 0 Å². The molecule has 0 radical (unpaired) electrons. The highest BCUT2D eigenvalue weighted by Gasteiger charge is 2.32. The maximum Gasteiger partial charge on any atom is 0.158 e. The second-order valence-corrected chi connectivity index (χ2v) is 10.3. The summed E-state index contributed by atoms with van der Waals surface area (Å²) in [5, 5.41) is 1.38. The van der Waals surface area contributed by atoms with Crippen molar-refractivity contribution in [2.75, 3.05) is 0 Å². The topological polar surface area (TPSA) is 17.1 Å². The maximum absolute atomic E-state index is 12.0. The minimum atomic E-state index is -1.46. The minimum Gasteiger partial charge on any atom is -0.295 e. The van der Waals surface area contributed by atoms with Crippen LogP contribution in [-0.2, 0) is 4.79 Å². The van der Waals surface area contributed by atoms with Crippen molar-refractivity contribution < 1.29 is 4.79 Å². The number of Topliss-reactive ketones (excluding diaryl/α,β-unsaturated/α-hetero) is 1. The molecule has 1 nitrogen and oxygen atoms in total. The van der Waals surface area contributed by atoms with Crippen LogP contribution in [0.4, 0.5) is 0 Å². The molecule has 0 saturated carbocycles. The molecule has 1 aliphatic heterocycles. The van der Waals surface area contributed by atoms with Crippen molar-refractivity contribution in [1.29, 1.82) is 0 Å². The second kappa shape index (κ2) is 4.61. The van der Waals surface area contributed by atoms with Gasteiger partial charge in [0.25, 0.3) is 0 Å². The summed E-state index contributed by atoms with van der Waals surface area (Å²) in [6, 6.07) is 11.7. The van der Waals surface area contributed by atoms with Gasteiger partial charge in [0, 0.05) is 6.42 Å². The van der Waals surface area contributed by atoms with Gasteiger partial charge in [0.2, 0.25) is 0 Å². The number of hydrogen-bond donors (Lipinski definition) is 0. The van der Waals surface area contributed by atoms with Gasteiger partial charge in [-0.1, -0.05) is 49.5 Å². The molecular weight excluding hydrogens is 224 g/mol. The van der Waals surface area contributed by atoms with Crippen LogP contribution in [0.2, 0.25) is 19.1 Å². The molecular formula is C15H20OSi. The Kier molecular flexibility index (Phi) is 3.34. The fourth-order valence-electron chi connectivity index (χ4n) is 2.86. The molecule has 1 aromatic rings. The van der Waals surface area contributed by atoms with Crippen LogP contribution < -0.4 is 0 Å². The Morgan fingerprint density at radius 3 is 2.41 bits per heavy atom. The third-order valence-corrected chi connectivity index (χ3v) is 7.36. The number of allylic oxidation sites excluding steroid dienone is 1. The number of ketones is 1. The maximum atomic E-state index is 12.0. The summed E-state index contributed by atoms with van der Waals surface area (Å²) in [6.45, 7) is 6.79. The molecule has 0 N–H and O–H groups in total. The number of carbonyl (C=O) groups excluding carboxylic acids is 1. The average Bonchev–Trinajstić information content (AvgIpc) is 2.38. The summed E-state index contributed by atoms with van der Waals surface area (Å²) in [4.78, 5) is 12.0. The molecule has 2 heteroatoms. The van der Waals surface area contributed by atoms with Gasteiger partial charge in [0.1, 0.15) is 0 Å². The predicted molar refractivity (Wildman–Crippen MR) is 75.6 cm³/mol.